The standard InChI is InChI=1S/C15H13ClN4O/c1-20(9-10-5-6-13(16)17-7-10)15(21)12-4-2-3-11-8-18-19-14(11)12/h2-8H,9H2,1H3,(H,18,19). The molecule has 3 rings (SSSR count). The minimum Gasteiger partial charge on any atom is -0.337 e. The van der Waals surface area contributed by atoms with E-state index in [0.29, 0.717) is 17.3 Å². The number of carbonyl (C=O) groups excluding carboxylic acids is 1. The summed E-state index contributed by atoms with van der Waals surface area (Å²) in [5, 5.41) is 8.20. The van der Waals surface area contributed by atoms with Gasteiger partial charge in [0, 0.05) is 25.2 Å². The number of carbonyl (C=O) groups is 1. The van der Waals surface area contributed by atoms with Crippen LogP contribution in [-0.2, 0) is 6.54 Å². The predicted octanol–water partition coefficient (Wildman–Crippen LogP) is 2.88. The number of hydrogen-bond acceptors (Lipinski definition) is 3. The maximum absolute atomic E-state index is 12.6. The molecule has 106 valence electrons. The molecule has 3 aromatic rings. The number of benzene rings is 1. The zero-order chi connectivity index (χ0) is 14.8. The van der Waals surface area contributed by atoms with Crippen LogP contribution in [0.2, 0.25) is 5.15 Å². The molecule has 0 spiro atoms. The van der Waals surface area contributed by atoms with Crippen molar-refractivity contribution >= 4 is 28.4 Å². The van der Waals surface area contributed by atoms with Crippen LogP contribution in [0.25, 0.3) is 10.9 Å². The SMILES string of the molecule is CN(Cc1ccc(Cl)nc1)C(=O)c1cccc2cn[nH]c12. The Morgan fingerprint density at radius 3 is 2.90 bits per heavy atom. The average Bonchev–Trinajstić information content (AvgIpc) is 2.97. The maximum Gasteiger partial charge on any atom is 0.256 e. The lowest BCUT2D eigenvalue weighted by atomic mass is 10.1. The van der Waals surface area contributed by atoms with Crippen molar-refractivity contribution in [2.45, 2.75) is 6.54 Å². The first-order valence-corrected chi connectivity index (χ1v) is 6.81. The van der Waals surface area contributed by atoms with Crippen LogP contribution in [-0.4, -0.2) is 33.0 Å². The molecule has 2 aromatic heterocycles. The molecule has 1 aromatic carbocycles. The molecular formula is C15H13ClN4O. The topological polar surface area (TPSA) is 61.9 Å². The molecule has 6 heteroatoms. The number of amides is 1. The molecule has 0 unspecified atom stereocenters. The van der Waals surface area contributed by atoms with E-state index in [1.807, 2.05) is 18.2 Å². The molecule has 5 nitrogen and oxygen atoms in total. The summed E-state index contributed by atoms with van der Waals surface area (Å²) in [7, 11) is 1.76. The van der Waals surface area contributed by atoms with Crippen LogP contribution < -0.4 is 0 Å². The minimum absolute atomic E-state index is 0.0696. The van der Waals surface area contributed by atoms with E-state index in [4.69, 9.17) is 11.6 Å². The van der Waals surface area contributed by atoms with E-state index >= 15 is 0 Å². The fourth-order valence-electron chi connectivity index (χ4n) is 2.20. The van der Waals surface area contributed by atoms with Crippen LogP contribution in [0.5, 0.6) is 0 Å². The summed E-state index contributed by atoms with van der Waals surface area (Å²) >= 11 is 5.76. The molecule has 0 saturated carbocycles. The second kappa shape index (κ2) is 5.54. The van der Waals surface area contributed by atoms with Gasteiger partial charge in [-0.1, -0.05) is 29.8 Å². The number of hydrogen-bond donors (Lipinski definition) is 1. The van der Waals surface area contributed by atoms with E-state index in [0.717, 1.165) is 16.5 Å². The number of fused-ring (bicyclic) bond motifs is 1. The molecule has 0 saturated heterocycles. The van der Waals surface area contributed by atoms with E-state index < -0.39 is 0 Å². The lowest BCUT2D eigenvalue weighted by molar-refractivity contribution is 0.0786. The first-order chi connectivity index (χ1) is 10.1. The summed E-state index contributed by atoms with van der Waals surface area (Å²) in [5.74, 6) is -0.0696. The van der Waals surface area contributed by atoms with Crippen molar-refractivity contribution in [3.05, 3.63) is 59.0 Å². The van der Waals surface area contributed by atoms with Crippen molar-refractivity contribution in [3.63, 3.8) is 0 Å². The number of nitrogens with one attached hydrogen (secondary N) is 1. The summed E-state index contributed by atoms with van der Waals surface area (Å²) in [6.07, 6.45) is 3.37. The zero-order valence-electron chi connectivity index (χ0n) is 11.4. The second-order valence-electron chi connectivity index (χ2n) is 4.79. The number of halogens is 1. The monoisotopic (exact) mass is 300 g/mol. The Bertz CT molecular complexity index is 782. The van der Waals surface area contributed by atoms with Crippen LogP contribution in [0.15, 0.2) is 42.7 Å². The highest BCUT2D eigenvalue weighted by molar-refractivity contribution is 6.29. The number of H-pyrrole nitrogens is 1. The van der Waals surface area contributed by atoms with Crippen molar-refractivity contribution < 1.29 is 4.79 Å². The quantitative estimate of drug-likeness (QED) is 0.757. The number of rotatable bonds is 3. The van der Waals surface area contributed by atoms with E-state index in [1.165, 1.54) is 0 Å². The molecule has 0 aliphatic rings. The molecular weight excluding hydrogens is 288 g/mol. The Labute approximate surface area is 126 Å². The Hall–Kier alpha value is -2.40. The summed E-state index contributed by atoms with van der Waals surface area (Å²) in [6, 6.07) is 9.13. The third kappa shape index (κ3) is 2.73. The Kier molecular flexibility index (Phi) is 3.58. The summed E-state index contributed by atoms with van der Waals surface area (Å²) < 4.78 is 0. The van der Waals surface area contributed by atoms with Gasteiger partial charge in [-0.3, -0.25) is 9.89 Å². The summed E-state index contributed by atoms with van der Waals surface area (Å²) in [5.41, 5.74) is 2.28. The maximum atomic E-state index is 12.6. The fourth-order valence-corrected chi connectivity index (χ4v) is 2.31. The predicted molar refractivity (Wildman–Crippen MR) is 81.1 cm³/mol. The van der Waals surface area contributed by atoms with Crippen molar-refractivity contribution in [1.29, 1.82) is 0 Å². The van der Waals surface area contributed by atoms with E-state index in [1.54, 1.807) is 36.5 Å². The summed E-state index contributed by atoms with van der Waals surface area (Å²) in [4.78, 5) is 18.2. The van der Waals surface area contributed by atoms with Gasteiger partial charge in [-0.25, -0.2) is 4.98 Å². The van der Waals surface area contributed by atoms with E-state index in [2.05, 4.69) is 15.2 Å². The molecule has 2 heterocycles. The molecule has 1 amide bonds. The van der Waals surface area contributed by atoms with Crippen LogP contribution in [0.3, 0.4) is 0 Å². The molecule has 0 aliphatic carbocycles. The number of para-hydroxylation sites is 1. The van der Waals surface area contributed by atoms with Crippen molar-refractivity contribution in [3.8, 4) is 0 Å². The molecule has 0 aliphatic heterocycles. The fraction of sp³-hybridized carbons (Fsp3) is 0.133. The number of nitrogens with zero attached hydrogens (tertiary/aromatic N) is 3. The van der Waals surface area contributed by atoms with Crippen molar-refractivity contribution in [2.75, 3.05) is 7.05 Å². The van der Waals surface area contributed by atoms with Gasteiger partial charge in [0.25, 0.3) is 5.91 Å². The van der Waals surface area contributed by atoms with Crippen LogP contribution in [0, 0.1) is 0 Å². The van der Waals surface area contributed by atoms with Gasteiger partial charge < -0.3 is 4.90 Å². The van der Waals surface area contributed by atoms with Gasteiger partial charge in [0.05, 0.1) is 17.3 Å². The number of pyridine rings is 1. The van der Waals surface area contributed by atoms with Crippen LogP contribution >= 0.6 is 11.6 Å². The average molecular weight is 301 g/mol. The molecule has 0 radical (unpaired) electrons. The van der Waals surface area contributed by atoms with Crippen molar-refractivity contribution in [1.82, 2.24) is 20.1 Å². The van der Waals surface area contributed by atoms with Gasteiger partial charge >= 0.3 is 0 Å². The highest BCUT2D eigenvalue weighted by Crippen LogP contribution is 2.18. The first-order valence-electron chi connectivity index (χ1n) is 6.43. The largest absolute Gasteiger partial charge is 0.337 e. The molecule has 0 bridgehead atoms. The van der Waals surface area contributed by atoms with E-state index in [-0.39, 0.29) is 5.91 Å². The smallest absolute Gasteiger partial charge is 0.256 e. The third-order valence-corrected chi connectivity index (χ3v) is 3.49. The molecule has 0 fully saturated rings. The van der Waals surface area contributed by atoms with Gasteiger partial charge in [0.15, 0.2) is 0 Å². The van der Waals surface area contributed by atoms with Gasteiger partial charge in [0.1, 0.15) is 5.15 Å². The van der Waals surface area contributed by atoms with Gasteiger partial charge in [-0.15, -0.1) is 0 Å². The molecule has 1 N–H and O–H groups in total. The highest BCUT2D eigenvalue weighted by atomic mass is 35.5. The minimum atomic E-state index is -0.0696. The Balaban J connectivity index is 1.84. The van der Waals surface area contributed by atoms with E-state index in [9.17, 15) is 4.79 Å². The van der Waals surface area contributed by atoms with Gasteiger partial charge in [-0.05, 0) is 17.7 Å². The molecule has 0 atom stereocenters. The Morgan fingerprint density at radius 1 is 1.29 bits per heavy atom. The number of aromatic nitrogens is 3. The lowest BCUT2D eigenvalue weighted by Gasteiger charge is -2.17. The third-order valence-electron chi connectivity index (χ3n) is 3.26. The second-order valence-corrected chi connectivity index (χ2v) is 5.18. The van der Waals surface area contributed by atoms with Crippen molar-refractivity contribution in [2.24, 2.45) is 0 Å². The highest BCUT2D eigenvalue weighted by Gasteiger charge is 2.16. The molecule has 21 heavy (non-hydrogen) atoms. The number of aromatic amines is 1. The van der Waals surface area contributed by atoms with Crippen LogP contribution in [0.4, 0.5) is 0 Å². The van der Waals surface area contributed by atoms with Gasteiger partial charge in [-0.2, -0.15) is 5.10 Å². The normalized spacial score (nSPS) is 10.8. The van der Waals surface area contributed by atoms with Crippen LogP contribution in [0.1, 0.15) is 15.9 Å². The zero-order valence-corrected chi connectivity index (χ0v) is 12.1. The summed E-state index contributed by atoms with van der Waals surface area (Å²) in [6.45, 7) is 0.466. The lowest BCUT2D eigenvalue weighted by Crippen LogP contribution is -2.26. The van der Waals surface area contributed by atoms with Gasteiger partial charge in [0.2, 0.25) is 0 Å². The Morgan fingerprint density at radius 2 is 2.14 bits per heavy atom. The first kappa shape index (κ1) is 13.6.